The van der Waals surface area contributed by atoms with Crippen molar-refractivity contribution >= 4 is 5.91 Å². The smallest absolute Gasteiger partial charge is 0.217 e. The molecule has 0 bridgehead atoms. The lowest BCUT2D eigenvalue weighted by Crippen LogP contribution is -2.09. The average molecular weight is 356 g/mol. The first-order valence-corrected chi connectivity index (χ1v) is 10.4. The van der Waals surface area contributed by atoms with E-state index in [4.69, 9.17) is 5.73 Å². The summed E-state index contributed by atoms with van der Waals surface area (Å²) in [5.41, 5.74) is 6.58. The second-order valence-electron chi connectivity index (χ2n) is 7.04. The van der Waals surface area contributed by atoms with Crippen LogP contribution in [0.4, 0.5) is 0 Å². The number of primary amides is 1. The molecule has 0 saturated heterocycles. The van der Waals surface area contributed by atoms with Gasteiger partial charge in [-0.1, -0.05) is 80.3 Å². The molecule has 1 aromatic rings. The molecule has 0 radical (unpaired) electrons. The maximum Gasteiger partial charge on any atom is 0.217 e. The standard InChI is InChI=1S/C24H37NO/c25-24(26)22-18-13-11-9-7-5-3-1-2-4-6-8-10-12-15-19-23-20-16-14-17-21-23/h1,3-4,6,14,16-17,20-21H,2,5,7-13,15,18-19,22H2,(H2,25,26)/b3-1-,6-4-. The zero-order valence-corrected chi connectivity index (χ0v) is 16.4. The molecule has 0 aromatic heterocycles. The van der Waals surface area contributed by atoms with Gasteiger partial charge in [0.2, 0.25) is 5.91 Å². The van der Waals surface area contributed by atoms with Crippen molar-refractivity contribution in [2.24, 2.45) is 5.73 Å². The molecule has 0 spiro atoms. The number of amides is 1. The fraction of sp³-hybridized carbons (Fsp3) is 0.542. The van der Waals surface area contributed by atoms with E-state index in [-0.39, 0.29) is 5.91 Å². The SMILES string of the molecule is NC(=O)CCCCCCC/C=C\C/C=C\CCCCCc1ccccc1. The summed E-state index contributed by atoms with van der Waals surface area (Å²) < 4.78 is 0. The molecule has 1 rings (SSSR count). The normalized spacial score (nSPS) is 11.5. The zero-order valence-electron chi connectivity index (χ0n) is 16.4. The van der Waals surface area contributed by atoms with Crippen LogP contribution >= 0.6 is 0 Å². The van der Waals surface area contributed by atoms with Crippen LogP contribution in [0.2, 0.25) is 0 Å². The van der Waals surface area contributed by atoms with Crippen molar-refractivity contribution in [2.45, 2.75) is 83.5 Å². The molecule has 144 valence electrons. The number of hydrogen-bond donors (Lipinski definition) is 1. The zero-order chi connectivity index (χ0) is 18.7. The predicted octanol–water partition coefficient (Wildman–Crippen LogP) is 6.51. The van der Waals surface area contributed by atoms with Gasteiger partial charge < -0.3 is 5.73 Å². The van der Waals surface area contributed by atoms with Gasteiger partial charge in [0.25, 0.3) is 0 Å². The molecule has 1 amide bonds. The summed E-state index contributed by atoms with van der Waals surface area (Å²) in [4.78, 5) is 10.6. The second-order valence-corrected chi connectivity index (χ2v) is 7.04. The molecule has 1 aromatic carbocycles. The van der Waals surface area contributed by atoms with E-state index in [9.17, 15) is 4.79 Å². The van der Waals surface area contributed by atoms with Crippen molar-refractivity contribution in [3.8, 4) is 0 Å². The molecular formula is C24H37NO. The molecule has 0 unspecified atom stereocenters. The van der Waals surface area contributed by atoms with Gasteiger partial charge in [0, 0.05) is 6.42 Å². The fourth-order valence-electron chi connectivity index (χ4n) is 3.01. The minimum atomic E-state index is -0.173. The first kappa shape index (κ1) is 22.2. The number of allylic oxidation sites excluding steroid dienone is 4. The van der Waals surface area contributed by atoms with Gasteiger partial charge in [0.15, 0.2) is 0 Å². The molecular weight excluding hydrogens is 318 g/mol. The Hall–Kier alpha value is -1.83. The topological polar surface area (TPSA) is 43.1 Å². The molecule has 26 heavy (non-hydrogen) atoms. The fourth-order valence-corrected chi connectivity index (χ4v) is 3.01. The Morgan fingerprint density at radius 2 is 1.31 bits per heavy atom. The molecule has 2 heteroatoms. The largest absolute Gasteiger partial charge is 0.370 e. The minimum Gasteiger partial charge on any atom is -0.370 e. The van der Waals surface area contributed by atoms with Gasteiger partial charge >= 0.3 is 0 Å². The Morgan fingerprint density at radius 1 is 0.731 bits per heavy atom. The number of rotatable bonds is 16. The van der Waals surface area contributed by atoms with Crippen molar-refractivity contribution in [3.63, 3.8) is 0 Å². The van der Waals surface area contributed by atoms with Gasteiger partial charge in [-0.2, -0.15) is 0 Å². The summed E-state index contributed by atoms with van der Waals surface area (Å²) >= 11 is 0. The van der Waals surface area contributed by atoms with Crippen LogP contribution < -0.4 is 5.73 Å². The third-order valence-electron chi connectivity index (χ3n) is 4.58. The molecule has 0 saturated carbocycles. The molecule has 0 atom stereocenters. The number of benzene rings is 1. The Bertz CT molecular complexity index is 504. The number of carbonyl (C=O) groups is 1. The number of carbonyl (C=O) groups excluding carboxylic acids is 1. The Kier molecular flexibility index (Phi) is 14.2. The quantitative estimate of drug-likeness (QED) is 0.266. The third kappa shape index (κ3) is 14.5. The number of hydrogen-bond acceptors (Lipinski definition) is 1. The number of unbranched alkanes of at least 4 members (excludes halogenated alkanes) is 8. The minimum absolute atomic E-state index is 0.173. The van der Waals surface area contributed by atoms with Crippen LogP contribution in [-0.4, -0.2) is 5.91 Å². The highest BCUT2D eigenvalue weighted by atomic mass is 16.1. The Balaban J connectivity index is 1.82. The number of nitrogens with two attached hydrogens (primary N) is 1. The molecule has 2 N–H and O–H groups in total. The van der Waals surface area contributed by atoms with Crippen molar-refractivity contribution in [1.29, 1.82) is 0 Å². The van der Waals surface area contributed by atoms with Crippen molar-refractivity contribution < 1.29 is 4.79 Å². The van der Waals surface area contributed by atoms with Crippen LogP contribution in [0.5, 0.6) is 0 Å². The first-order valence-electron chi connectivity index (χ1n) is 10.4. The summed E-state index contributed by atoms with van der Waals surface area (Å²) in [6, 6.07) is 10.8. The van der Waals surface area contributed by atoms with E-state index in [0.29, 0.717) is 6.42 Å². The van der Waals surface area contributed by atoms with E-state index in [1.165, 1.54) is 63.4 Å². The molecule has 0 fully saturated rings. The van der Waals surface area contributed by atoms with Crippen molar-refractivity contribution in [2.75, 3.05) is 0 Å². The van der Waals surface area contributed by atoms with Gasteiger partial charge in [0.05, 0.1) is 0 Å². The molecule has 0 aliphatic heterocycles. The van der Waals surface area contributed by atoms with E-state index < -0.39 is 0 Å². The summed E-state index contributed by atoms with van der Waals surface area (Å²) in [6.07, 6.45) is 24.1. The van der Waals surface area contributed by atoms with E-state index >= 15 is 0 Å². The Morgan fingerprint density at radius 3 is 1.96 bits per heavy atom. The molecule has 0 aliphatic rings. The lowest BCUT2D eigenvalue weighted by atomic mass is 10.1. The average Bonchev–Trinajstić information content (AvgIpc) is 2.65. The summed E-state index contributed by atoms with van der Waals surface area (Å²) in [7, 11) is 0. The van der Waals surface area contributed by atoms with Crippen LogP contribution in [0.15, 0.2) is 54.6 Å². The van der Waals surface area contributed by atoms with Gasteiger partial charge in [-0.25, -0.2) is 0 Å². The van der Waals surface area contributed by atoms with E-state index in [2.05, 4.69) is 54.6 Å². The van der Waals surface area contributed by atoms with Crippen LogP contribution in [0.3, 0.4) is 0 Å². The van der Waals surface area contributed by atoms with Crippen LogP contribution in [0.1, 0.15) is 82.6 Å². The molecule has 0 aliphatic carbocycles. The summed E-state index contributed by atoms with van der Waals surface area (Å²) in [6.45, 7) is 0. The van der Waals surface area contributed by atoms with Gasteiger partial charge in [-0.15, -0.1) is 0 Å². The highest BCUT2D eigenvalue weighted by Gasteiger charge is 1.94. The summed E-state index contributed by atoms with van der Waals surface area (Å²) in [5, 5.41) is 0. The van der Waals surface area contributed by atoms with Gasteiger partial charge in [-0.05, 0) is 56.9 Å². The first-order chi connectivity index (χ1) is 12.8. The van der Waals surface area contributed by atoms with Gasteiger partial charge in [0.1, 0.15) is 0 Å². The van der Waals surface area contributed by atoms with Crippen molar-refractivity contribution in [3.05, 3.63) is 60.2 Å². The third-order valence-corrected chi connectivity index (χ3v) is 4.58. The van der Waals surface area contributed by atoms with E-state index in [0.717, 1.165) is 19.3 Å². The number of aryl methyl sites for hydroxylation is 1. The van der Waals surface area contributed by atoms with Gasteiger partial charge in [-0.3, -0.25) is 4.79 Å². The lowest BCUT2D eigenvalue weighted by Gasteiger charge is -2.00. The second kappa shape index (κ2) is 16.6. The maximum atomic E-state index is 10.6. The van der Waals surface area contributed by atoms with Crippen LogP contribution in [-0.2, 0) is 11.2 Å². The van der Waals surface area contributed by atoms with Crippen LogP contribution in [0.25, 0.3) is 0 Å². The molecule has 2 nitrogen and oxygen atoms in total. The van der Waals surface area contributed by atoms with Crippen LogP contribution in [0, 0.1) is 0 Å². The maximum absolute atomic E-state index is 10.6. The Labute approximate surface area is 160 Å². The van der Waals surface area contributed by atoms with E-state index in [1.54, 1.807) is 0 Å². The highest BCUT2D eigenvalue weighted by molar-refractivity contribution is 5.73. The monoisotopic (exact) mass is 355 g/mol. The highest BCUT2D eigenvalue weighted by Crippen LogP contribution is 2.09. The molecule has 0 heterocycles. The lowest BCUT2D eigenvalue weighted by molar-refractivity contribution is -0.118. The van der Waals surface area contributed by atoms with Crippen molar-refractivity contribution in [1.82, 2.24) is 0 Å². The summed E-state index contributed by atoms with van der Waals surface area (Å²) in [5.74, 6) is -0.173. The predicted molar refractivity (Wildman–Crippen MR) is 113 cm³/mol. The van der Waals surface area contributed by atoms with E-state index in [1.807, 2.05) is 0 Å².